The number of thiazole rings is 1. The molecule has 1 N–H and O–H groups in total. The Hall–Kier alpha value is -1.96. The van der Waals surface area contributed by atoms with E-state index in [9.17, 15) is 4.79 Å². The normalized spacial score (nSPS) is 15.7. The van der Waals surface area contributed by atoms with Gasteiger partial charge in [0, 0.05) is 30.1 Å². The minimum absolute atomic E-state index is 0.420. The predicted octanol–water partition coefficient (Wildman–Crippen LogP) is 5.41. The summed E-state index contributed by atoms with van der Waals surface area (Å²) in [6.45, 7) is 8.92. The molecule has 0 bridgehead atoms. The molecule has 30 heavy (non-hydrogen) atoms. The van der Waals surface area contributed by atoms with Crippen molar-refractivity contribution in [3.8, 4) is 11.3 Å². The fraction of sp³-hybridized carbons (Fsp3) is 0.565. The monoisotopic (exact) mass is 431 g/mol. The van der Waals surface area contributed by atoms with Crippen LogP contribution in [0.4, 0.5) is 9.93 Å². The van der Waals surface area contributed by atoms with E-state index in [-0.39, 0.29) is 0 Å². The van der Waals surface area contributed by atoms with Crippen LogP contribution in [-0.4, -0.2) is 48.9 Å². The van der Waals surface area contributed by atoms with Gasteiger partial charge in [0.15, 0.2) is 5.13 Å². The van der Waals surface area contributed by atoms with Crippen molar-refractivity contribution < 1.29 is 14.3 Å². The Labute approximate surface area is 183 Å². The Morgan fingerprint density at radius 3 is 2.73 bits per heavy atom. The van der Waals surface area contributed by atoms with E-state index in [4.69, 9.17) is 14.5 Å². The highest BCUT2D eigenvalue weighted by molar-refractivity contribution is 7.16. The van der Waals surface area contributed by atoms with Gasteiger partial charge in [0.2, 0.25) is 0 Å². The third-order valence-corrected chi connectivity index (χ3v) is 6.37. The first-order valence-electron chi connectivity index (χ1n) is 11.0. The fourth-order valence-electron chi connectivity index (χ4n) is 3.51. The van der Waals surface area contributed by atoms with Gasteiger partial charge in [-0.1, -0.05) is 74.8 Å². The number of amides is 1. The maximum Gasteiger partial charge on any atom is 0.413 e. The molecule has 2 heterocycles. The van der Waals surface area contributed by atoms with Crippen molar-refractivity contribution >= 4 is 22.6 Å². The molecule has 7 heteroatoms. The highest BCUT2D eigenvalue weighted by Gasteiger charge is 2.19. The maximum absolute atomic E-state index is 12.4. The van der Waals surface area contributed by atoms with E-state index in [1.165, 1.54) is 17.8 Å². The standard InChI is InChI=1S/C23H33N3O3S/c1-3-5-9-18(4-2)17-29-23(27)25-22-24-21(19-10-7-6-8-11-19)20(30-22)16-26-12-14-28-15-13-26/h6-8,10-11,18H,3-5,9,12-17H2,1-2H3,(H,24,25,27). The molecule has 1 amide bonds. The first-order valence-corrected chi connectivity index (χ1v) is 11.8. The van der Waals surface area contributed by atoms with Gasteiger partial charge in [-0.25, -0.2) is 9.78 Å². The summed E-state index contributed by atoms with van der Waals surface area (Å²) in [5, 5.41) is 3.44. The van der Waals surface area contributed by atoms with Crippen LogP contribution in [0, 0.1) is 5.92 Å². The largest absolute Gasteiger partial charge is 0.449 e. The first-order chi connectivity index (χ1) is 14.7. The fourth-order valence-corrected chi connectivity index (χ4v) is 4.52. The van der Waals surface area contributed by atoms with E-state index >= 15 is 0 Å². The molecule has 0 saturated carbocycles. The van der Waals surface area contributed by atoms with Crippen LogP contribution in [-0.2, 0) is 16.0 Å². The molecule has 164 valence electrons. The van der Waals surface area contributed by atoms with Crippen LogP contribution in [0.1, 0.15) is 44.4 Å². The number of carbonyl (C=O) groups is 1. The van der Waals surface area contributed by atoms with Gasteiger partial charge in [-0.3, -0.25) is 10.2 Å². The second kappa shape index (κ2) is 12.0. The van der Waals surface area contributed by atoms with E-state index in [0.29, 0.717) is 17.7 Å². The van der Waals surface area contributed by atoms with Gasteiger partial charge in [0.05, 0.1) is 25.5 Å². The summed E-state index contributed by atoms with van der Waals surface area (Å²) in [6, 6.07) is 10.1. The molecule has 0 spiro atoms. The summed E-state index contributed by atoms with van der Waals surface area (Å²) in [5.41, 5.74) is 1.99. The second-order valence-corrected chi connectivity index (χ2v) is 8.77. The molecule has 0 radical (unpaired) electrons. The minimum Gasteiger partial charge on any atom is -0.449 e. The predicted molar refractivity (Wildman–Crippen MR) is 122 cm³/mol. The zero-order valence-corrected chi connectivity index (χ0v) is 18.9. The lowest BCUT2D eigenvalue weighted by Crippen LogP contribution is -2.35. The number of ether oxygens (including phenoxy) is 2. The average molecular weight is 432 g/mol. The van der Waals surface area contributed by atoms with Crippen LogP contribution in [0.2, 0.25) is 0 Å². The molecule has 1 aliphatic rings. The lowest BCUT2D eigenvalue weighted by Gasteiger charge is -2.26. The molecule has 0 aliphatic carbocycles. The molecule has 6 nitrogen and oxygen atoms in total. The van der Waals surface area contributed by atoms with Gasteiger partial charge in [-0.15, -0.1) is 0 Å². The van der Waals surface area contributed by atoms with Crippen molar-refractivity contribution in [3.63, 3.8) is 0 Å². The number of nitrogens with zero attached hydrogens (tertiary/aromatic N) is 2. The van der Waals surface area contributed by atoms with Crippen LogP contribution in [0.3, 0.4) is 0 Å². The van der Waals surface area contributed by atoms with Gasteiger partial charge >= 0.3 is 6.09 Å². The molecule has 1 aliphatic heterocycles. The minimum atomic E-state index is -0.420. The number of rotatable bonds is 10. The van der Waals surface area contributed by atoms with Crippen molar-refractivity contribution in [2.45, 2.75) is 46.1 Å². The zero-order chi connectivity index (χ0) is 21.2. The van der Waals surface area contributed by atoms with Crippen molar-refractivity contribution in [3.05, 3.63) is 35.2 Å². The van der Waals surface area contributed by atoms with Crippen LogP contribution < -0.4 is 5.32 Å². The second-order valence-electron chi connectivity index (χ2n) is 7.69. The number of anilines is 1. The van der Waals surface area contributed by atoms with Gasteiger partial charge in [0.1, 0.15) is 0 Å². The molecule has 2 aromatic rings. The zero-order valence-electron chi connectivity index (χ0n) is 18.1. The number of aromatic nitrogens is 1. The molecular weight excluding hydrogens is 398 g/mol. The molecule has 1 aromatic carbocycles. The Kier molecular flexibility index (Phi) is 9.11. The van der Waals surface area contributed by atoms with Crippen LogP contribution in [0.5, 0.6) is 0 Å². The Balaban J connectivity index is 1.66. The quantitative estimate of drug-likeness (QED) is 0.545. The van der Waals surface area contributed by atoms with Crippen LogP contribution >= 0.6 is 11.3 Å². The molecule has 1 unspecified atom stereocenters. The summed E-state index contributed by atoms with van der Waals surface area (Å²) < 4.78 is 11.0. The molecule has 1 fully saturated rings. The molecule has 1 saturated heterocycles. The molecule has 1 aromatic heterocycles. The summed E-state index contributed by atoms with van der Waals surface area (Å²) in [7, 11) is 0. The van der Waals surface area contributed by atoms with Gasteiger partial charge in [-0.05, 0) is 12.3 Å². The number of hydrogen-bond acceptors (Lipinski definition) is 6. The first kappa shape index (κ1) is 22.7. The smallest absolute Gasteiger partial charge is 0.413 e. The average Bonchev–Trinajstić information content (AvgIpc) is 3.17. The molecule has 3 rings (SSSR count). The number of benzene rings is 1. The van der Waals surface area contributed by atoms with E-state index in [1.54, 1.807) is 0 Å². The number of hydrogen-bond donors (Lipinski definition) is 1. The molecular formula is C23H33N3O3S. The third-order valence-electron chi connectivity index (χ3n) is 5.42. The summed E-state index contributed by atoms with van der Waals surface area (Å²) in [5.74, 6) is 0.420. The van der Waals surface area contributed by atoms with E-state index in [1.807, 2.05) is 18.2 Å². The van der Waals surface area contributed by atoms with Crippen molar-refractivity contribution in [2.24, 2.45) is 5.92 Å². The summed E-state index contributed by atoms with van der Waals surface area (Å²) in [6.07, 6.45) is 4.03. The van der Waals surface area contributed by atoms with Crippen molar-refractivity contribution in [1.29, 1.82) is 0 Å². The number of unbranched alkanes of at least 4 members (excludes halogenated alkanes) is 1. The summed E-state index contributed by atoms with van der Waals surface area (Å²) in [4.78, 5) is 20.6. The van der Waals surface area contributed by atoms with Crippen molar-refractivity contribution in [1.82, 2.24) is 9.88 Å². The number of nitrogens with one attached hydrogen (secondary N) is 1. The number of carbonyl (C=O) groups excluding carboxylic acids is 1. The Bertz CT molecular complexity index is 775. The lowest BCUT2D eigenvalue weighted by atomic mass is 10.0. The number of morpholine rings is 1. The Morgan fingerprint density at radius 1 is 1.27 bits per heavy atom. The van der Waals surface area contributed by atoms with Gasteiger partial charge in [-0.2, -0.15) is 0 Å². The Morgan fingerprint density at radius 2 is 2.03 bits per heavy atom. The lowest BCUT2D eigenvalue weighted by molar-refractivity contribution is 0.0347. The SMILES string of the molecule is CCCCC(CC)COC(=O)Nc1nc(-c2ccccc2)c(CN2CCOCC2)s1. The molecule has 1 atom stereocenters. The third kappa shape index (κ3) is 6.79. The highest BCUT2D eigenvalue weighted by atomic mass is 32.1. The van der Waals surface area contributed by atoms with Gasteiger partial charge in [0.25, 0.3) is 0 Å². The topological polar surface area (TPSA) is 63.7 Å². The van der Waals surface area contributed by atoms with E-state index < -0.39 is 6.09 Å². The van der Waals surface area contributed by atoms with E-state index in [2.05, 4.69) is 36.2 Å². The van der Waals surface area contributed by atoms with Crippen LogP contribution in [0.15, 0.2) is 30.3 Å². The van der Waals surface area contributed by atoms with Crippen LogP contribution in [0.25, 0.3) is 11.3 Å². The van der Waals surface area contributed by atoms with Crippen molar-refractivity contribution in [2.75, 3.05) is 38.2 Å². The maximum atomic E-state index is 12.4. The van der Waals surface area contributed by atoms with Gasteiger partial charge < -0.3 is 9.47 Å². The summed E-state index contributed by atoms with van der Waals surface area (Å²) >= 11 is 1.52. The highest BCUT2D eigenvalue weighted by Crippen LogP contribution is 2.32. The van der Waals surface area contributed by atoms with E-state index in [0.717, 1.165) is 68.2 Å².